The Morgan fingerprint density at radius 2 is 1.46 bits per heavy atom. The van der Waals surface area contributed by atoms with Gasteiger partial charge in [0, 0.05) is 23.5 Å². The first-order valence-electron chi connectivity index (χ1n) is 7.72. The SMILES string of the molecule is OC(C#Cc1ccccc1)(/C=C/c1ccccc1)c1ccncc1. The van der Waals surface area contributed by atoms with Gasteiger partial charge in [0.2, 0.25) is 0 Å². The van der Waals surface area contributed by atoms with Gasteiger partial charge in [-0.25, -0.2) is 0 Å². The maximum Gasteiger partial charge on any atom is 0.170 e. The van der Waals surface area contributed by atoms with E-state index in [-0.39, 0.29) is 0 Å². The fourth-order valence-electron chi connectivity index (χ4n) is 2.29. The third kappa shape index (κ3) is 3.98. The van der Waals surface area contributed by atoms with Crippen molar-refractivity contribution < 1.29 is 5.11 Å². The fraction of sp³-hybridized carbons (Fsp3) is 0.0455. The molecule has 0 amide bonds. The van der Waals surface area contributed by atoms with Crippen molar-refractivity contribution in [3.63, 3.8) is 0 Å². The van der Waals surface area contributed by atoms with E-state index in [4.69, 9.17) is 0 Å². The minimum Gasteiger partial charge on any atom is -0.370 e. The predicted octanol–water partition coefficient (Wildman–Crippen LogP) is 4.03. The number of nitrogens with zero attached hydrogens (tertiary/aromatic N) is 1. The van der Waals surface area contributed by atoms with Crippen LogP contribution >= 0.6 is 0 Å². The van der Waals surface area contributed by atoms with Crippen molar-refractivity contribution in [2.24, 2.45) is 0 Å². The van der Waals surface area contributed by atoms with Gasteiger partial charge >= 0.3 is 0 Å². The van der Waals surface area contributed by atoms with Crippen LogP contribution in [0.25, 0.3) is 6.08 Å². The van der Waals surface area contributed by atoms with Gasteiger partial charge in [0.05, 0.1) is 0 Å². The summed E-state index contributed by atoms with van der Waals surface area (Å²) in [4.78, 5) is 4.01. The molecule has 2 heteroatoms. The lowest BCUT2D eigenvalue weighted by atomic mass is 9.93. The lowest BCUT2D eigenvalue weighted by molar-refractivity contribution is 0.155. The Kier molecular flexibility index (Phi) is 4.86. The standard InChI is InChI=1S/C22H17NO/c24-22(21-13-17-23-18-14-21,15-11-19-7-3-1-4-8-19)16-12-20-9-5-2-6-10-20/h1-11,13-15,17-18,24H/b15-11+. The number of hydrogen-bond donors (Lipinski definition) is 1. The van der Waals surface area contributed by atoms with E-state index in [1.165, 1.54) is 0 Å². The molecular weight excluding hydrogens is 294 g/mol. The Morgan fingerprint density at radius 1 is 0.833 bits per heavy atom. The molecule has 0 spiro atoms. The highest BCUT2D eigenvalue weighted by molar-refractivity contribution is 5.54. The number of pyridine rings is 1. The minimum atomic E-state index is -1.38. The molecule has 3 aromatic rings. The first-order valence-corrected chi connectivity index (χ1v) is 7.72. The zero-order valence-corrected chi connectivity index (χ0v) is 13.1. The van der Waals surface area contributed by atoms with Crippen LogP contribution in [0.1, 0.15) is 16.7 Å². The molecule has 0 saturated carbocycles. The molecule has 0 aliphatic carbocycles. The second-order valence-electron chi connectivity index (χ2n) is 5.36. The van der Waals surface area contributed by atoms with Crippen LogP contribution in [0.3, 0.4) is 0 Å². The molecule has 1 heterocycles. The molecule has 1 atom stereocenters. The van der Waals surface area contributed by atoms with Crippen LogP contribution in [-0.2, 0) is 5.60 Å². The van der Waals surface area contributed by atoms with E-state index in [0.29, 0.717) is 5.56 Å². The van der Waals surface area contributed by atoms with E-state index in [1.54, 1.807) is 30.6 Å². The molecule has 24 heavy (non-hydrogen) atoms. The monoisotopic (exact) mass is 311 g/mol. The molecular formula is C22H17NO. The summed E-state index contributed by atoms with van der Waals surface area (Å²) in [6.07, 6.45) is 6.90. The van der Waals surface area contributed by atoms with Crippen LogP contribution in [0.15, 0.2) is 91.3 Å². The van der Waals surface area contributed by atoms with Crippen molar-refractivity contribution in [3.05, 3.63) is 108 Å². The third-order valence-corrected chi connectivity index (χ3v) is 3.61. The van der Waals surface area contributed by atoms with Crippen molar-refractivity contribution in [2.75, 3.05) is 0 Å². The van der Waals surface area contributed by atoms with E-state index in [2.05, 4.69) is 16.8 Å². The van der Waals surface area contributed by atoms with Gasteiger partial charge in [0.25, 0.3) is 0 Å². The average Bonchev–Trinajstić information content (AvgIpc) is 2.67. The van der Waals surface area contributed by atoms with Gasteiger partial charge in [-0.15, -0.1) is 0 Å². The van der Waals surface area contributed by atoms with E-state index >= 15 is 0 Å². The summed E-state index contributed by atoms with van der Waals surface area (Å²) < 4.78 is 0. The third-order valence-electron chi connectivity index (χ3n) is 3.61. The van der Waals surface area contributed by atoms with Gasteiger partial charge in [-0.3, -0.25) is 4.98 Å². The molecule has 0 saturated heterocycles. The second kappa shape index (κ2) is 7.41. The maximum atomic E-state index is 11.1. The summed E-state index contributed by atoms with van der Waals surface area (Å²) in [6, 6.07) is 23.0. The number of rotatable bonds is 3. The van der Waals surface area contributed by atoms with Crippen LogP contribution < -0.4 is 0 Å². The van der Waals surface area contributed by atoms with Gasteiger partial charge in [-0.1, -0.05) is 66.4 Å². The number of hydrogen-bond acceptors (Lipinski definition) is 2. The van der Waals surface area contributed by atoms with Crippen molar-refractivity contribution in [1.29, 1.82) is 0 Å². The second-order valence-corrected chi connectivity index (χ2v) is 5.36. The van der Waals surface area contributed by atoms with Crippen molar-refractivity contribution in [2.45, 2.75) is 5.60 Å². The number of benzene rings is 2. The molecule has 0 bridgehead atoms. The molecule has 116 valence electrons. The van der Waals surface area contributed by atoms with Crippen LogP contribution in [0.4, 0.5) is 0 Å². The Labute approximate surface area is 142 Å². The lowest BCUT2D eigenvalue weighted by Gasteiger charge is -2.18. The minimum absolute atomic E-state index is 0.688. The number of aromatic nitrogens is 1. The highest BCUT2D eigenvalue weighted by atomic mass is 16.3. The molecule has 0 radical (unpaired) electrons. The van der Waals surface area contributed by atoms with Gasteiger partial charge in [-0.05, 0) is 35.9 Å². The Hall–Kier alpha value is -3.15. The quantitative estimate of drug-likeness (QED) is 0.741. The highest BCUT2D eigenvalue weighted by Gasteiger charge is 2.23. The van der Waals surface area contributed by atoms with Gasteiger partial charge in [0.15, 0.2) is 5.60 Å². The average molecular weight is 311 g/mol. The van der Waals surface area contributed by atoms with Crippen molar-refractivity contribution in [1.82, 2.24) is 4.98 Å². The Balaban J connectivity index is 1.99. The molecule has 0 fully saturated rings. The molecule has 2 nitrogen and oxygen atoms in total. The van der Waals surface area contributed by atoms with Crippen molar-refractivity contribution >= 4 is 6.08 Å². The summed E-state index contributed by atoms with van der Waals surface area (Å²) in [5.74, 6) is 6.04. The molecule has 1 N–H and O–H groups in total. The normalized spacial score (nSPS) is 13.0. The summed E-state index contributed by atoms with van der Waals surface area (Å²) >= 11 is 0. The molecule has 0 aliphatic heterocycles. The lowest BCUT2D eigenvalue weighted by Crippen LogP contribution is -2.20. The molecule has 3 rings (SSSR count). The van der Waals surface area contributed by atoms with E-state index < -0.39 is 5.60 Å². The Morgan fingerprint density at radius 3 is 2.12 bits per heavy atom. The van der Waals surface area contributed by atoms with Crippen molar-refractivity contribution in [3.8, 4) is 11.8 Å². The maximum absolute atomic E-state index is 11.1. The van der Waals surface area contributed by atoms with Crippen LogP contribution in [0, 0.1) is 11.8 Å². The smallest absolute Gasteiger partial charge is 0.170 e. The summed E-state index contributed by atoms with van der Waals surface area (Å²) in [5.41, 5.74) is 1.17. The zero-order chi connectivity index (χ0) is 16.7. The predicted molar refractivity (Wildman–Crippen MR) is 96.9 cm³/mol. The fourth-order valence-corrected chi connectivity index (χ4v) is 2.29. The van der Waals surface area contributed by atoms with Crippen LogP contribution in [0.2, 0.25) is 0 Å². The van der Waals surface area contributed by atoms with E-state index in [0.717, 1.165) is 11.1 Å². The summed E-state index contributed by atoms with van der Waals surface area (Å²) in [5, 5.41) is 11.1. The first-order chi connectivity index (χ1) is 11.8. The van der Waals surface area contributed by atoms with Gasteiger partial charge in [-0.2, -0.15) is 0 Å². The van der Waals surface area contributed by atoms with E-state index in [9.17, 15) is 5.11 Å². The molecule has 1 aromatic heterocycles. The molecule has 0 aliphatic rings. The summed E-state index contributed by atoms with van der Waals surface area (Å²) in [6.45, 7) is 0. The van der Waals surface area contributed by atoms with Crippen LogP contribution in [0.5, 0.6) is 0 Å². The summed E-state index contributed by atoms with van der Waals surface area (Å²) in [7, 11) is 0. The largest absolute Gasteiger partial charge is 0.370 e. The van der Waals surface area contributed by atoms with Gasteiger partial charge in [0.1, 0.15) is 0 Å². The molecule has 2 aromatic carbocycles. The number of aliphatic hydroxyl groups is 1. The van der Waals surface area contributed by atoms with Gasteiger partial charge < -0.3 is 5.11 Å². The highest BCUT2D eigenvalue weighted by Crippen LogP contribution is 2.23. The molecule has 1 unspecified atom stereocenters. The van der Waals surface area contributed by atoms with E-state index in [1.807, 2.05) is 66.7 Å². The Bertz CT molecular complexity index is 861. The first kappa shape index (κ1) is 15.7. The topological polar surface area (TPSA) is 33.1 Å². The zero-order valence-electron chi connectivity index (χ0n) is 13.1. The van der Waals surface area contributed by atoms with Crippen LogP contribution in [-0.4, -0.2) is 10.1 Å².